The van der Waals surface area contributed by atoms with Crippen molar-refractivity contribution < 1.29 is 18.3 Å². The lowest BCUT2D eigenvalue weighted by molar-refractivity contribution is 0.190. The van der Waals surface area contributed by atoms with E-state index in [9.17, 15) is 8.78 Å². The van der Waals surface area contributed by atoms with E-state index in [1.54, 1.807) is 12.0 Å². The number of hydrogen-bond acceptors (Lipinski definition) is 4. The third-order valence-electron chi connectivity index (χ3n) is 2.96. The second kappa shape index (κ2) is 8.86. The summed E-state index contributed by atoms with van der Waals surface area (Å²) in [6, 6.07) is 2.30. The van der Waals surface area contributed by atoms with Gasteiger partial charge in [-0.3, -0.25) is 0 Å². The van der Waals surface area contributed by atoms with Gasteiger partial charge in [0.05, 0.1) is 6.61 Å². The second-order valence-corrected chi connectivity index (χ2v) is 4.92. The highest BCUT2D eigenvalue weighted by atomic mass is 32.1. The van der Waals surface area contributed by atoms with Crippen molar-refractivity contribution in [3.05, 3.63) is 29.3 Å². The first kappa shape index (κ1) is 17.7. The number of hydrogen-bond donors (Lipinski definition) is 1. The molecule has 0 fully saturated rings. The van der Waals surface area contributed by atoms with Crippen LogP contribution in [-0.2, 0) is 9.47 Å². The van der Waals surface area contributed by atoms with Crippen molar-refractivity contribution >= 4 is 22.9 Å². The van der Waals surface area contributed by atoms with Gasteiger partial charge in [0, 0.05) is 39.5 Å². The smallest absolute Gasteiger partial charge is 0.150 e. The van der Waals surface area contributed by atoms with E-state index < -0.39 is 11.6 Å². The van der Waals surface area contributed by atoms with Crippen LogP contribution >= 0.6 is 12.2 Å². The van der Waals surface area contributed by atoms with Crippen molar-refractivity contribution in [1.82, 2.24) is 0 Å². The zero-order valence-corrected chi connectivity index (χ0v) is 13.0. The van der Waals surface area contributed by atoms with Gasteiger partial charge in [-0.05, 0) is 18.6 Å². The highest BCUT2D eigenvalue weighted by Gasteiger charge is 2.18. The highest BCUT2D eigenvalue weighted by Crippen LogP contribution is 2.25. The maximum absolute atomic E-state index is 14.2. The van der Waals surface area contributed by atoms with Gasteiger partial charge >= 0.3 is 0 Å². The minimum atomic E-state index is -0.689. The molecule has 1 rings (SSSR count). The van der Waals surface area contributed by atoms with Crippen LogP contribution < -0.4 is 10.6 Å². The average Bonchev–Trinajstić information content (AvgIpc) is 2.43. The Hall–Kier alpha value is -1.31. The van der Waals surface area contributed by atoms with Gasteiger partial charge in [0.15, 0.2) is 0 Å². The van der Waals surface area contributed by atoms with E-state index in [2.05, 4.69) is 0 Å². The van der Waals surface area contributed by atoms with E-state index in [-0.39, 0.29) is 16.2 Å². The molecule has 0 atom stereocenters. The van der Waals surface area contributed by atoms with Gasteiger partial charge < -0.3 is 20.1 Å². The number of benzene rings is 1. The molecule has 0 radical (unpaired) electrons. The standard InChI is InChI=1S/C14H20F2N2O2S/c1-19-6-3-4-18(5-7-20-2)13-11(15)8-10(14(17)21)9-12(13)16/h8-9H,3-7H2,1-2H3,(H2,17,21). The van der Waals surface area contributed by atoms with Crippen LogP contribution in [0.15, 0.2) is 12.1 Å². The average molecular weight is 318 g/mol. The lowest BCUT2D eigenvalue weighted by atomic mass is 10.1. The Bertz CT molecular complexity index is 463. The molecule has 0 aliphatic rings. The van der Waals surface area contributed by atoms with Crippen LogP contribution in [0.2, 0.25) is 0 Å². The molecule has 2 N–H and O–H groups in total. The first-order chi connectivity index (χ1) is 10.0. The van der Waals surface area contributed by atoms with E-state index >= 15 is 0 Å². The third kappa shape index (κ3) is 5.18. The summed E-state index contributed by atoms with van der Waals surface area (Å²) in [5.41, 5.74) is 5.48. The lowest BCUT2D eigenvalue weighted by Gasteiger charge is -2.25. The second-order valence-electron chi connectivity index (χ2n) is 4.48. The Morgan fingerprint density at radius 1 is 1.14 bits per heavy atom. The van der Waals surface area contributed by atoms with Crippen molar-refractivity contribution in [2.75, 3.05) is 45.4 Å². The summed E-state index contributed by atoms with van der Waals surface area (Å²) < 4.78 is 38.3. The van der Waals surface area contributed by atoms with Crippen LogP contribution in [0.3, 0.4) is 0 Å². The fourth-order valence-corrected chi connectivity index (χ4v) is 2.06. The fraction of sp³-hybridized carbons (Fsp3) is 0.500. The van der Waals surface area contributed by atoms with Crippen molar-refractivity contribution in [3.8, 4) is 0 Å². The predicted molar refractivity (Wildman–Crippen MR) is 82.8 cm³/mol. The van der Waals surface area contributed by atoms with Gasteiger partial charge in [-0.1, -0.05) is 12.2 Å². The topological polar surface area (TPSA) is 47.7 Å². The molecule has 0 saturated heterocycles. The zero-order valence-electron chi connectivity index (χ0n) is 12.2. The molecule has 0 saturated carbocycles. The van der Waals surface area contributed by atoms with Crippen LogP contribution in [0.5, 0.6) is 0 Å². The molecule has 1 aromatic rings. The molecule has 0 spiro atoms. The number of ether oxygens (including phenoxy) is 2. The minimum absolute atomic E-state index is 0.0397. The van der Waals surface area contributed by atoms with Crippen molar-refractivity contribution in [3.63, 3.8) is 0 Å². The third-order valence-corrected chi connectivity index (χ3v) is 3.20. The van der Waals surface area contributed by atoms with E-state index in [1.165, 1.54) is 7.11 Å². The number of nitrogens with two attached hydrogens (primary N) is 1. The Labute approximate surface area is 128 Å². The molecule has 0 aliphatic carbocycles. The van der Waals surface area contributed by atoms with E-state index in [0.29, 0.717) is 32.7 Å². The maximum atomic E-state index is 14.2. The number of thiocarbonyl (C=S) groups is 1. The number of halogens is 2. The van der Waals surface area contributed by atoms with Gasteiger partial charge in [-0.2, -0.15) is 0 Å². The summed E-state index contributed by atoms with van der Waals surface area (Å²) in [5, 5.41) is 0. The van der Waals surface area contributed by atoms with E-state index in [0.717, 1.165) is 12.1 Å². The van der Waals surface area contributed by atoms with Crippen molar-refractivity contribution in [1.29, 1.82) is 0 Å². The van der Waals surface area contributed by atoms with Gasteiger partial charge in [-0.25, -0.2) is 8.78 Å². The van der Waals surface area contributed by atoms with E-state index in [4.69, 9.17) is 27.4 Å². The Morgan fingerprint density at radius 3 is 2.19 bits per heavy atom. The summed E-state index contributed by atoms with van der Waals surface area (Å²) in [6.07, 6.45) is 0.649. The fourth-order valence-electron chi connectivity index (χ4n) is 1.95. The van der Waals surface area contributed by atoms with Gasteiger partial charge in [0.2, 0.25) is 0 Å². The lowest BCUT2D eigenvalue weighted by Crippen LogP contribution is -2.31. The number of anilines is 1. The van der Waals surface area contributed by atoms with Crippen LogP contribution in [0.25, 0.3) is 0 Å². The monoisotopic (exact) mass is 318 g/mol. The molecule has 21 heavy (non-hydrogen) atoms. The number of nitrogens with zero attached hydrogens (tertiary/aromatic N) is 1. The molecule has 0 aliphatic heterocycles. The Balaban J connectivity index is 3.02. The molecule has 118 valence electrons. The summed E-state index contributed by atoms with van der Waals surface area (Å²) in [7, 11) is 3.12. The van der Waals surface area contributed by atoms with E-state index in [1.807, 2.05) is 0 Å². The SMILES string of the molecule is COCCCN(CCOC)c1c(F)cc(C(N)=S)cc1F. The van der Waals surface area contributed by atoms with Crippen LogP contribution in [0.4, 0.5) is 14.5 Å². The maximum Gasteiger partial charge on any atom is 0.150 e. The minimum Gasteiger partial charge on any atom is -0.389 e. The largest absolute Gasteiger partial charge is 0.389 e. The Kier molecular flexibility index (Phi) is 7.49. The predicted octanol–water partition coefficient (Wildman–Crippen LogP) is 2.09. The zero-order chi connectivity index (χ0) is 15.8. The summed E-state index contributed by atoms with van der Waals surface area (Å²) in [5.74, 6) is -1.38. The number of methoxy groups -OCH3 is 2. The summed E-state index contributed by atoms with van der Waals surface area (Å²) in [6.45, 7) is 1.71. The molecular formula is C14H20F2N2O2S. The quantitative estimate of drug-likeness (QED) is 0.558. The first-order valence-corrected chi connectivity index (χ1v) is 6.93. The van der Waals surface area contributed by atoms with Gasteiger partial charge in [0.1, 0.15) is 22.3 Å². The normalized spacial score (nSPS) is 10.7. The molecular weight excluding hydrogens is 298 g/mol. The molecule has 0 heterocycles. The Morgan fingerprint density at radius 2 is 1.71 bits per heavy atom. The van der Waals surface area contributed by atoms with Crippen molar-refractivity contribution in [2.45, 2.75) is 6.42 Å². The molecule has 0 aromatic heterocycles. The molecule has 4 nitrogen and oxygen atoms in total. The van der Waals surface area contributed by atoms with Crippen LogP contribution in [0.1, 0.15) is 12.0 Å². The molecule has 0 bridgehead atoms. The highest BCUT2D eigenvalue weighted by molar-refractivity contribution is 7.80. The summed E-state index contributed by atoms with van der Waals surface area (Å²) >= 11 is 4.74. The molecule has 0 amide bonds. The molecule has 7 heteroatoms. The summed E-state index contributed by atoms with van der Waals surface area (Å²) in [4.78, 5) is 1.55. The molecule has 0 unspecified atom stereocenters. The van der Waals surface area contributed by atoms with Crippen LogP contribution in [0, 0.1) is 11.6 Å². The van der Waals surface area contributed by atoms with Gasteiger partial charge in [0.25, 0.3) is 0 Å². The van der Waals surface area contributed by atoms with Crippen molar-refractivity contribution in [2.24, 2.45) is 5.73 Å². The first-order valence-electron chi connectivity index (χ1n) is 6.53. The van der Waals surface area contributed by atoms with Gasteiger partial charge in [-0.15, -0.1) is 0 Å². The van der Waals surface area contributed by atoms with Crippen LogP contribution in [-0.4, -0.2) is 45.5 Å². The molecule has 1 aromatic carbocycles. The number of rotatable bonds is 9.